The number of ether oxygens (including phenoxy) is 5. The quantitative estimate of drug-likeness (QED) is 0.338. The van der Waals surface area contributed by atoms with E-state index in [0.717, 1.165) is 0 Å². The van der Waals surface area contributed by atoms with Crippen LogP contribution in [0.25, 0.3) is 0 Å². The molecular formula is C19H34O9Si. The van der Waals surface area contributed by atoms with E-state index >= 15 is 0 Å². The van der Waals surface area contributed by atoms with Crippen molar-refractivity contribution in [1.82, 2.24) is 0 Å². The predicted octanol–water partition coefficient (Wildman–Crippen LogP) is 2.17. The van der Waals surface area contributed by atoms with Gasteiger partial charge in [0.05, 0.1) is 6.61 Å². The first-order valence-electron chi connectivity index (χ1n) is 9.53. The first kappa shape index (κ1) is 25.5. The van der Waals surface area contributed by atoms with Crippen molar-refractivity contribution in [2.75, 3.05) is 13.7 Å². The Morgan fingerprint density at radius 3 is 1.72 bits per heavy atom. The highest BCUT2D eigenvalue weighted by molar-refractivity contribution is 6.74. The molecule has 0 N–H and O–H groups in total. The average Bonchev–Trinajstić information content (AvgIpc) is 2.54. The minimum Gasteiger partial charge on any atom is -0.456 e. The molecule has 10 heteroatoms. The van der Waals surface area contributed by atoms with Crippen LogP contribution in [-0.2, 0) is 42.5 Å². The van der Waals surface area contributed by atoms with E-state index in [1.54, 1.807) is 0 Å². The number of esters is 3. The smallest absolute Gasteiger partial charge is 0.303 e. The highest BCUT2D eigenvalue weighted by Crippen LogP contribution is 2.37. The zero-order valence-corrected chi connectivity index (χ0v) is 19.8. The molecule has 1 heterocycles. The van der Waals surface area contributed by atoms with Crippen molar-refractivity contribution >= 4 is 26.2 Å². The van der Waals surface area contributed by atoms with Gasteiger partial charge in [-0.05, 0) is 18.1 Å². The van der Waals surface area contributed by atoms with Crippen LogP contribution in [0.2, 0.25) is 18.1 Å². The van der Waals surface area contributed by atoms with Crippen molar-refractivity contribution in [3.05, 3.63) is 0 Å². The van der Waals surface area contributed by atoms with E-state index in [9.17, 15) is 14.4 Å². The van der Waals surface area contributed by atoms with Gasteiger partial charge in [0.25, 0.3) is 0 Å². The summed E-state index contributed by atoms with van der Waals surface area (Å²) in [5, 5.41) is -0.0468. The second-order valence-electron chi connectivity index (χ2n) is 8.57. The van der Waals surface area contributed by atoms with E-state index in [2.05, 4.69) is 33.9 Å². The van der Waals surface area contributed by atoms with Gasteiger partial charge in [-0.2, -0.15) is 0 Å². The van der Waals surface area contributed by atoms with Crippen LogP contribution in [0.1, 0.15) is 41.5 Å². The van der Waals surface area contributed by atoms with Crippen LogP contribution in [0.5, 0.6) is 0 Å². The van der Waals surface area contributed by atoms with Crippen molar-refractivity contribution in [3.63, 3.8) is 0 Å². The summed E-state index contributed by atoms with van der Waals surface area (Å²) >= 11 is 0. The lowest BCUT2D eigenvalue weighted by molar-refractivity contribution is -0.301. The number of hydrogen-bond acceptors (Lipinski definition) is 9. The van der Waals surface area contributed by atoms with Gasteiger partial charge in [0.2, 0.25) is 0 Å². The SMILES string of the molecule is CO[C@H]1OC(CO[Si](C)(C)C(C)(C)C)[C@@H](OC(C)=O)[C@@H](OC(C)=O)C1OC(C)=O. The molecule has 9 nitrogen and oxygen atoms in total. The van der Waals surface area contributed by atoms with Crippen molar-refractivity contribution in [3.8, 4) is 0 Å². The van der Waals surface area contributed by atoms with Crippen LogP contribution in [-0.4, -0.2) is 70.6 Å². The number of rotatable bonds is 7. The summed E-state index contributed by atoms with van der Waals surface area (Å²) in [6.45, 7) is 14.2. The van der Waals surface area contributed by atoms with Gasteiger partial charge in [-0.25, -0.2) is 0 Å². The average molecular weight is 435 g/mol. The van der Waals surface area contributed by atoms with Crippen molar-refractivity contribution in [2.45, 2.75) is 90.4 Å². The van der Waals surface area contributed by atoms with E-state index < -0.39 is 56.9 Å². The standard InChI is InChI=1S/C19H34O9Si/c1-11(20)25-15-14(10-24-29(8,9)19(4,5)6)28-18(23-7)17(27-13(3)22)16(15)26-12(2)21/h14-18H,10H2,1-9H3/t14?,15-,16-,17?,18+/m1/s1. The fraction of sp³-hybridized carbons (Fsp3) is 0.842. The Morgan fingerprint density at radius 2 is 1.31 bits per heavy atom. The molecule has 0 amide bonds. The van der Waals surface area contributed by atoms with Crippen LogP contribution < -0.4 is 0 Å². The Hall–Kier alpha value is -1.49. The number of carbonyl (C=O) groups is 3. The third kappa shape index (κ3) is 7.05. The summed E-state index contributed by atoms with van der Waals surface area (Å²) in [5.41, 5.74) is 0. The Morgan fingerprint density at radius 1 is 0.862 bits per heavy atom. The second-order valence-corrected chi connectivity index (χ2v) is 13.4. The summed E-state index contributed by atoms with van der Waals surface area (Å²) in [4.78, 5) is 35.0. The molecule has 168 valence electrons. The molecule has 0 aromatic rings. The second kappa shape index (κ2) is 10.0. The Kier molecular flexibility index (Phi) is 8.82. The molecular weight excluding hydrogens is 400 g/mol. The monoisotopic (exact) mass is 434 g/mol. The summed E-state index contributed by atoms with van der Waals surface area (Å²) in [7, 11) is -0.763. The molecule has 0 aromatic carbocycles. The molecule has 1 aliphatic heterocycles. The van der Waals surface area contributed by atoms with E-state index in [1.807, 2.05) is 0 Å². The molecule has 0 bridgehead atoms. The molecule has 0 saturated carbocycles. The van der Waals surface area contributed by atoms with Gasteiger partial charge in [-0.3, -0.25) is 14.4 Å². The first-order valence-corrected chi connectivity index (χ1v) is 12.4. The molecule has 0 radical (unpaired) electrons. The topological polar surface area (TPSA) is 107 Å². The van der Waals surface area contributed by atoms with E-state index in [0.29, 0.717) is 0 Å². The molecule has 0 aliphatic carbocycles. The minimum absolute atomic E-state index is 0.0468. The van der Waals surface area contributed by atoms with Gasteiger partial charge >= 0.3 is 17.9 Å². The highest BCUT2D eigenvalue weighted by atomic mass is 28.4. The summed E-state index contributed by atoms with van der Waals surface area (Å²) < 4.78 is 33.5. The third-order valence-electron chi connectivity index (χ3n) is 5.14. The predicted molar refractivity (Wildman–Crippen MR) is 105 cm³/mol. The molecule has 0 aromatic heterocycles. The molecule has 29 heavy (non-hydrogen) atoms. The maximum Gasteiger partial charge on any atom is 0.303 e. The fourth-order valence-electron chi connectivity index (χ4n) is 2.69. The van der Waals surface area contributed by atoms with Gasteiger partial charge in [0.15, 0.2) is 32.9 Å². The summed E-state index contributed by atoms with van der Waals surface area (Å²) in [6, 6.07) is 0. The molecule has 1 fully saturated rings. The number of hydrogen-bond donors (Lipinski definition) is 0. The lowest BCUT2D eigenvalue weighted by Crippen LogP contribution is -2.63. The molecule has 5 atom stereocenters. The van der Waals surface area contributed by atoms with Gasteiger partial charge in [0, 0.05) is 27.9 Å². The Balaban J connectivity index is 3.23. The molecule has 1 rings (SSSR count). The summed E-state index contributed by atoms with van der Waals surface area (Å²) in [6.07, 6.45) is -5.05. The zero-order chi connectivity index (χ0) is 22.6. The highest BCUT2D eigenvalue weighted by Gasteiger charge is 2.52. The number of carbonyl (C=O) groups excluding carboxylic acids is 3. The molecule has 2 unspecified atom stereocenters. The maximum atomic E-state index is 11.7. The largest absolute Gasteiger partial charge is 0.456 e. The van der Waals surface area contributed by atoms with Crippen molar-refractivity contribution < 1.29 is 42.5 Å². The van der Waals surface area contributed by atoms with Gasteiger partial charge in [-0.15, -0.1) is 0 Å². The van der Waals surface area contributed by atoms with Crippen LogP contribution in [0.4, 0.5) is 0 Å². The number of methoxy groups -OCH3 is 1. The van der Waals surface area contributed by atoms with E-state index in [-0.39, 0.29) is 11.6 Å². The van der Waals surface area contributed by atoms with Gasteiger partial charge in [0.1, 0.15) is 6.10 Å². The van der Waals surface area contributed by atoms with E-state index in [1.165, 1.54) is 27.9 Å². The minimum atomic E-state index is -2.14. The van der Waals surface area contributed by atoms with Crippen LogP contribution >= 0.6 is 0 Å². The van der Waals surface area contributed by atoms with Crippen molar-refractivity contribution in [2.24, 2.45) is 0 Å². The third-order valence-corrected chi connectivity index (χ3v) is 9.64. The van der Waals surface area contributed by atoms with Crippen LogP contribution in [0, 0.1) is 0 Å². The fourth-order valence-corrected chi connectivity index (χ4v) is 3.70. The maximum absolute atomic E-state index is 11.7. The van der Waals surface area contributed by atoms with Crippen molar-refractivity contribution in [1.29, 1.82) is 0 Å². The van der Waals surface area contributed by atoms with E-state index in [4.69, 9.17) is 28.1 Å². The molecule has 1 aliphatic rings. The molecule has 0 spiro atoms. The summed E-state index contributed by atoms with van der Waals surface area (Å²) in [5.74, 6) is -1.83. The Labute approximate surface area is 173 Å². The zero-order valence-electron chi connectivity index (χ0n) is 18.8. The lowest BCUT2D eigenvalue weighted by Gasteiger charge is -2.45. The van der Waals surface area contributed by atoms with Gasteiger partial charge in [-0.1, -0.05) is 20.8 Å². The molecule has 1 saturated heterocycles. The van der Waals surface area contributed by atoms with Crippen LogP contribution in [0.15, 0.2) is 0 Å². The van der Waals surface area contributed by atoms with Crippen LogP contribution in [0.3, 0.4) is 0 Å². The lowest BCUT2D eigenvalue weighted by atomic mass is 9.98. The Bertz CT molecular complexity index is 599. The first-order chi connectivity index (χ1) is 13.2. The normalized spacial score (nSPS) is 27.8. The van der Waals surface area contributed by atoms with Gasteiger partial charge < -0.3 is 28.1 Å².